The standard InChI is InChI=1S/C26H28BrN5/c1-18(20-5-3-2-4-6-20)31-13-15-32(16-14-31)25-22(27)11-12-23-24(25)30-26(29-23)21-9-7-19(17-28)8-10-21/h2-12,18H,13-17,28H2,1H3,(H,29,30). The average Bonchev–Trinajstić information content (AvgIpc) is 3.28. The third-order valence-corrected chi connectivity index (χ3v) is 7.14. The van der Waals surface area contributed by atoms with Crippen LogP contribution >= 0.6 is 15.9 Å². The maximum atomic E-state index is 5.74. The van der Waals surface area contributed by atoms with Crippen molar-refractivity contribution in [2.24, 2.45) is 5.73 Å². The van der Waals surface area contributed by atoms with Crippen molar-refractivity contribution < 1.29 is 0 Å². The molecule has 4 aromatic rings. The highest BCUT2D eigenvalue weighted by molar-refractivity contribution is 9.10. The number of H-pyrrole nitrogens is 1. The fraction of sp³-hybridized carbons (Fsp3) is 0.269. The van der Waals surface area contributed by atoms with Crippen LogP contribution in [0.3, 0.4) is 0 Å². The second-order valence-electron chi connectivity index (χ2n) is 8.39. The number of aromatic nitrogens is 2. The van der Waals surface area contributed by atoms with Crippen LogP contribution < -0.4 is 10.6 Å². The predicted octanol–water partition coefficient (Wildman–Crippen LogP) is 5.33. The third kappa shape index (κ3) is 4.06. The minimum absolute atomic E-state index is 0.422. The van der Waals surface area contributed by atoms with Gasteiger partial charge < -0.3 is 15.6 Å². The molecule has 0 amide bonds. The number of hydrogen-bond acceptors (Lipinski definition) is 4. The maximum Gasteiger partial charge on any atom is 0.138 e. The molecule has 2 heterocycles. The molecule has 0 aliphatic carbocycles. The van der Waals surface area contributed by atoms with Crippen molar-refractivity contribution in [3.63, 3.8) is 0 Å². The first-order valence-corrected chi connectivity index (χ1v) is 11.9. The van der Waals surface area contributed by atoms with Gasteiger partial charge in [-0.3, -0.25) is 4.90 Å². The van der Waals surface area contributed by atoms with Crippen LogP contribution in [0.5, 0.6) is 0 Å². The van der Waals surface area contributed by atoms with Crippen LogP contribution in [-0.4, -0.2) is 41.0 Å². The quantitative estimate of drug-likeness (QED) is 0.397. The molecule has 3 N–H and O–H groups in total. The summed E-state index contributed by atoms with van der Waals surface area (Å²) in [5.41, 5.74) is 12.6. The largest absolute Gasteiger partial charge is 0.366 e. The molecule has 1 atom stereocenters. The summed E-state index contributed by atoms with van der Waals surface area (Å²) in [6.45, 7) is 6.85. The zero-order valence-electron chi connectivity index (χ0n) is 18.3. The fourth-order valence-corrected chi connectivity index (χ4v) is 5.12. The summed E-state index contributed by atoms with van der Waals surface area (Å²) < 4.78 is 1.09. The number of nitrogens with one attached hydrogen (secondary N) is 1. The number of halogens is 1. The lowest BCUT2D eigenvalue weighted by molar-refractivity contribution is 0.198. The molecule has 6 heteroatoms. The molecule has 164 valence electrons. The van der Waals surface area contributed by atoms with Crippen molar-refractivity contribution in [1.82, 2.24) is 14.9 Å². The summed E-state index contributed by atoms with van der Waals surface area (Å²) >= 11 is 3.80. The molecular weight excluding hydrogens is 462 g/mol. The summed E-state index contributed by atoms with van der Waals surface area (Å²) in [5, 5.41) is 0. The molecule has 1 saturated heterocycles. The molecule has 0 saturated carbocycles. The van der Waals surface area contributed by atoms with Gasteiger partial charge in [0.25, 0.3) is 0 Å². The number of piperazine rings is 1. The number of imidazole rings is 1. The van der Waals surface area contributed by atoms with E-state index in [0.717, 1.165) is 58.6 Å². The van der Waals surface area contributed by atoms with Crippen molar-refractivity contribution >= 4 is 32.7 Å². The maximum absolute atomic E-state index is 5.74. The molecule has 5 rings (SSSR count). The van der Waals surface area contributed by atoms with Crippen LogP contribution in [0.2, 0.25) is 0 Å². The third-order valence-electron chi connectivity index (χ3n) is 6.50. The lowest BCUT2D eigenvalue weighted by Gasteiger charge is -2.39. The van der Waals surface area contributed by atoms with E-state index in [-0.39, 0.29) is 0 Å². The molecular formula is C26H28BrN5. The summed E-state index contributed by atoms with van der Waals surface area (Å²) in [4.78, 5) is 13.5. The minimum Gasteiger partial charge on any atom is -0.366 e. The molecule has 32 heavy (non-hydrogen) atoms. The van der Waals surface area contributed by atoms with E-state index in [0.29, 0.717) is 12.6 Å². The summed E-state index contributed by atoms with van der Waals surface area (Å²) in [6.07, 6.45) is 0. The van der Waals surface area contributed by atoms with Gasteiger partial charge in [-0.15, -0.1) is 0 Å². The summed E-state index contributed by atoms with van der Waals surface area (Å²) in [5.74, 6) is 0.888. The molecule has 0 spiro atoms. The molecule has 1 aliphatic heterocycles. The van der Waals surface area contributed by atoms with Gasteiger partial charge in [-0.2, -0.15) is 0 Å². The molecule has 0 radical (unpaired) electrons. The van der Waals surface area contributed by atoms with E-state index in [1.165, 1.54) is 11.3 Å². The predicted molar refractivity (Wildman–Crippen MR) is 136 cm³/mol. The van der Waals surface area contributed by atoms with Crippen LogP contribution in [0, 0.1) is 0 Å². The monoisotopic (exact) mass is 489 g/mol. The van der Waals surface area contributed by atoms with Gasteiger partial charge >= 0.3 is 0 Å². The number of fused-ring (bicyclic) bond motifs is 1. The average molecular weight is 490 g/mol. The first-order chi connectivity index (χ1) is 15.6. The zero-order valence-corrected chi connectivity index (χ0v) is 19.8. The van der Waals surface area contributed by atoms with Crippen LogP contribution in [0.4, 0.5) is 5.69 Å². The Morgan fingerprint density at radius 1 is 0.969 bits per heavy atom. The van der Waals surface area contributed by atoms with Crippen molar-refractivity contribution in [3.8, 4) is 11.4 Å². The molecule has 1 unspecified atom stereocenters. The smallest absolute Gasteiger partial charge is 0.138 e. The van der Waals surface area contributed by atoms with Crippen molar-refractivity contribution in [3.05, 3.63) is 82.3 Å². The number of rotatable bonds is 5. The fourth-order valence-electron chi connectivity index (χ4n) is 4.55. The van der Waals surface area contributed by atoms with E-state index in [1.807, 2.05) is 0 Å². The van der Waals surface area contributed by atoms with Crippen molar-refractivity contribution in [2.75, 3.05) is 31.1 Å². The van der Waals surface area contributed by atoms with E-state index in [4.69, 9.17) is 10.7 Å². The van der Waals surface area contributed by atoms with Crippen molar-refractivity contribution in [1.29, 1.82) is 0 Å². The Morgan fingerprint density at radius 2 is 1.69 bits per heavy atom. The van der Waals surface area contributed by atoms with E-state index >= 15 is 0 Å². The summed E-state index contributed by atoms with van der Waals surface area (Å²) in [6, 6.07) is 23.7. The highest BCUT2D eigenvalue weighted by Gasteiger charge is 2.25. The van der Waals surface area contributed by atoms with Crippen LogP contribution in [-0.2, 0) is 6.54 Å². The second-order valence-corrected chi connectivity index (χ2v) is 9.24. The summed E-state index contributed by atoms with van der Waals surface area (Å²) in [7, 11) is 0. The van der Waals surface area contributed by atoms with Gasteiger partial charge in [0.2, 0.25) is 0 Å². The topological polar surface area (TPSA) is 61.2 Å². The van der Waals surface area contributed by atoms with Gasteiger partial charge in [0, 0.05) is 48.8 Å². The lowest BCUT2D eigenvalue weighted by Crippen LogP contribution is -2.47. The Bertz CT molecular complexity index is 1190. The molecule has 1 aromatic heterocycles. The number of anilines is 1. The number of benzene rings is 3. The van der Waals surface area contributed by atoms with Gasteiger partial charge in [-0.05, 0) is 46.1 Å². The molecule has 0 bridgehead atoms. The number of hydrogen-bond donors (Lipinski definition) is 2. The molecule has 1 aliphatic rings. The lowest BCUT2D eigenvalue weighted by atomic mass is 10.1. The highest BCUT2D eigenvalue weighted by Crippen LogP contribution is 2.36. The highest BCUT2D eigenvalue weighted by atomic mass is 79.9. The zero-order chi connectivity index (χ0) is 22.1. The van der Waals surface area contributed by atoms with Gasteiger partial charge in [0.15, 0.2) is 0 Å². The first kappa shape index (κ1) is 21.2. The Kier molecular flexibility index (Phi) is 6.00. The first-order valence-electron chi connectivity index (χ1n) is 11.2. The normalized spacial score (nSPS) is 15.9. The molecule has 1 fully saturated rings. The number of nitrogens with zero attached hydrogens (tertiary/aromatic N) is 3. The van der Waals surface area contributed by atoms with Crippen LogP contribution in [0.25, 0.3) is 22.4 Å². The van der Waals surface area contributed by atoms with Gasteiger partial charge in [-0.25, -0.2) is 4.98 Å². The van der Waals surface area contributed by atoms with E-state index < -0.39 is 0 Å². The van der Waals surface area contributed by atoms with Crippen LogP contribution in [0.1, 0.15) is 24.1 Å². The van der Waals surface area contributed by atoms with Crippen LogP contribution in [0.15, 0.2) is 71.2 Å². The van der Waals surface area contributed by atoms with E-state index in [9.17, 15) is 0 Å². The van der Waals surface area contributed by atoms with Crippen molar-refractivity contribution in [2.45, 2.75) is 19.5 Å². The van der Waals surface area contributed by atoms with E-state index in [2.05, 4.69) is 104 Å². The van der Waals surface area contributed by atoms with Gasteiger partial charge in [0.1, 0.15) is 11.3 Å². The van der Waals surface area contributed by atoms with Gasteiger partial charge in [0.05, 0.1) is 11.2 Å². The Balaban J connectivity index is 1.39. The van der Waals surface area contributed by atoms with E-state index in [1.54, 1.807) is 0 Å². The molecule has 5 nitrogen and oxygen atoms in total. The minimum atomic E-state index is 0.422. The Hall–Kier alpha value is -2.67. The molecule has 3 aromatic carbocycles. The number of aromatic amines is 1. The second kappa shape index (κ2) is 9.06. The Labute approximate surface area is 197 Å². The van der Waals surface area contributed by atoms with Gasteiger partial charge in [-0.1, -0.05) is 54.6 Å². The Morgan fingerprint density at radius 3 is 2.38 bits per heavy atom. The number of nitrogens with two attached hydrogens (primary N) is 1. The SMILES string of the molecule is CC(c1ccccc1)N1CCN(c2c(Br)ccc3[nH]c(-c4ccc(CN)cc4)nc23)CC1.